The number of benzene rings is 2. The van der Waals surface area contributed by atoms with Gasteiger partial charge in [0.2, 0.25) is 0 Å². The zero-order chi connectivity index (χ0) is 18.3. The number of nitrogen functional groups attached to an aromatic ring is 1. The van der Waals surface area contributed by atoms with Crippen molar-refractivity contribution in [3.8, 4) is 11.4 Å². The molecule has 0 aliphatic heterocycles. The average molecular weight is 367 g/mol. The average Bonchev–Trinajstić information content (AvgIpc) is 2.96. The highest BCUT2D eigenvalue weighted by Gasteiger charge is 2.20. The van der Waals surface area contributed by atoms with Gasteiger partial charge in [-0.1, -0.05) is 17.7 Å². The molecular weight excluding hydrogens is 352 g/mol. The smallest absolute Gasteiger partial charge is 0.339 e. The minimum Gasteiger partial charge on any atom is -0.388 e. The van der Waals surface area contributed by atoms with Crippen LogP contribution >= 0.6 is 11.6 Å². The van der Waals surface area contributed by atoms with E-state index in [1.165, 1.54) is 15.5 Å². The highest BCUT2D eigenvalue weighted by atomic mass is 35.5. The zero-order valence-electron chi connectivity index (χ0n) is 13.8. The Morgan fingerprint density at radius 2 is 1.81 bits per heavy atom. The molecule has 0 bridgehead atoms. The number of halogens is 1. The first-order chi connectivity index (χ1) is 12.6. The van der Waals surface area contributed by atoms with Gasteiger partial charge in [0.25, 0.3) is 0 Å². The lowest BCUT2D eigenvalue weighted by molar-refractivity contribution is 0.926. The molecular formula is C18H15ClN6O. The minimum atomic E-state index is -0.289. The van der Waals surface area contributed by atoms with Gasteiger partial charge in [-0.25, -0.2) is 19.3 Å². The third-order valence-corrected chi connectivity index (χ3v) is 4.38. The number of fused-ring (bicyclic) bond motifs is 1. The summed E-state index contributed by atoms with van der Waals surface area (Å²) < 4.78 is 3.01. The molecule has 0 amide bonds. The molecule has 0 saturated carbocycles. The van der Waals surface area contributed by atoms with Gasteiger partial charge in [0.15, 0.2) is 11.5 Å². The van der Waals surface area contributed by atoms with Crippen molar-refractivity contribution in [1.29, 1.82) is 0 Å². The summed E-state index contributed by atoms with van der Waals surface area (Å²) in [5.41, 5.74) is 8.87. The molecule has 2 aromatic carbocycles. The van der Waals surface area contributed by atoms with Gasteiger partial charge >= 0.3 is 5.69 Å². The summed E-state index contributed by atoms with van der Waals surface area (Å²) in [6.45, 7) is 0. The first-order valence-electron chi connectivity index (χ1n) is 7.88. The van der Waals surface area contributed by atoms with Crippen LogP contribution in [0.15, 0.2) is 59.7 Å². The van der Waals surface area contributed by atoms with Crippen LogP contribution < -0.4 is 16.7 Å². The normalized spacial score (nSPS) is 11.0. The van der Waals surface area contributed by atoms with Gasteiger partial charge in [-0.05, 0) is 42.5 Å². The lowest BCUT2D eigenvalue weighted by Gasteiger charge is -2.05. The molecule has 4 rings (SSSR count). The Morgan fingerprint density at radius 3 is 2.54 bits per heavy atom. The molecule has 0 atom stereocenters. The lowest BCUT2D eigenvalue weighted by Crippen LogP contribution is -2.22. The molecule has 0 saturated heterocycles. The molecule has 0 fully saturated rings. The second kappa shape index (κ2) is 6.20. The standard InChI is InChI=1S/C18H15ClN6O/c1-21-12-3-2-4-14(9-12)25-17-15(16(20)22-10-23-17)24(18(25)26)13-7-5-11(19)6-8-13/h2-10,21H,1H3,(H2,20,22,23). The maximum absolute atomic E-state index is 13.3. The monoisotopic (exact) mass is 366 g/mol. The molecule has 0 spiro atoms. The molecule has 3 N–H and O–H groups in total. The largest absolute Gasteiger partial charge is 0.388 e. The highest BCUT2D eigenvalue weighted by molar-refractivity contribution is 6.30. The van der Waals surface area contributed by atoms with E-state index in [9.17, 15) is 4.79 Å². The molecule has 130 valence electrons. The number of anilines is 2. The van der Waals surface area contributed by atoms with Crippen LogP contribution in [0.25, 0.3) is 22.5 Å². The third-order valence-electron chi connectivity index (χ3n) is 4.13. The van der Waals surface area contributed by atoms with E-state index < -0.39 is 0 Å². The second-order valence-electron chi connectivity index (χ2n) is 5.66. The summed E-state index contributed by atoms with van der Waals surface area (Å²) in [4.78, 5) is 21.6. The number of nitrogens with two attached hydrogens (primary N) is 1. The summed E-state index contributed by atoms with van der Waals surface area (Å²) in [7, 11) is 1.82. The van der Waals surface area contributed by atoms with E-state index in [-0.39, 0.29) is 11.5 Å². The number of imidazole rings is 1. The predicted molar refractivity (Wildman–Crippen MR) is 103 cm³/mol. The Hall–Kier alpha value is -3.32. The molecule has 0 radical (unpaired) electrons. The first kappa shape index (κ1) is 16.2. The Labute approximate surface area is 153 Å². The van der Waals surface area contributed by atoms with Crippen molar-refractivity contribution in [2.24, 2.45) is 0 Å². The Bertz CT molecular complexity index is 1160. The summed E-state index contributed by atoms with van der Waals surface area (Å²) >= 11 is 5.97. The van der Waals surface area contributed by atoms with E-state index in [2.05, 4.69) is 15.3 Å². The van der Waals surface area contributed by atoms with E-state index in [0.29, 0.717) is 27.6 Å². The van der Waals surface area contributed by atoms with Crippen LogP contribution in [0.5, 0.6) is 0 Å². The van der Waals surface area contributed by atoms with Gasteiger partial charge in [0.1, 0.15) is 11.8 Å². The highest BCUT2D eigenvalue weighted by Crippen LogP contribution is 2.24. The molecule has 2 heterocycles. The van der Waals surface area contributed by atoms with Crippen LogP contribution in [0, 0.1) is 0 Å². The van der Waals surface area contributed by atoms with Crippen molar-refractivity contribution < 1.29 is 0 Å². The number of hydrogen-bond donors (Lipinski definition) is 2. The van der Waals surface area contributed by atoms with Crippen LogP contribution in [-0.4, -0.2) is 26.1 Å². The number of nitrogens with zero attached hydrogens (tertiary/aromatic N) is 4. The van der Waals surface area contributed by atoms with E-state index in [4.69, 9.17) is 17.3 Å². The SMILES string of the molecule is CNc1cccc(-n2c(=O)n(-c3ccc(Cl)cc3)c3c(N)ncnc32)c1. The van der Waals surface area contributed by atoms with Crippen molar-refractivity contribution in [3.05, 3.63) is 70.4 Å². The predicted octanol–water partition coefficient (Wildman–Crippen LogP) is 2.85. The zero-order valence-corrected chi connectivity index (χ0v) is 14.6. The van der Waals surface area contributed by atoms with Gasteiger partial charge in [-0.3, -0.25) is 4.57 Å². The molecule has 4 aromatic rings. The number of hydrogen-bond acceptors (Lipinski definition) is 5. The summed E-state index contributed by atoms with van der Waals surface area (Å²) in [5, 5.41) is 3.65. The van der Waals surface area contributed by atoms with Crippen LogP contribution in [0.2, 0.25) is 5.02 Å². The fraction of sp³-hybridized carbons (Fsp3) is 0.0556. The van der Waals surface area contributed by atoms with E-state index in [0.717, 1.165) is 5.69 Å². The molecule has 0 unspecified atom stereocenters. The van der Waals surface area contributed by atoms with Crippen LogP contribution in [-0.2, 0) is 0 Å². The van der Waals surface area contributed by atoms with Gasteiger partial charge < -0.3 is 11.1 Å². The quantitative estimate of drug-likeness (QED) is 0.581. The van der Waals surface area contributed by atoms with Crippen molar-refractivity contribution >= 4 is 34.3 Å². The lowest BCUT2D eigenvalue weighted by atomic mass is 10.2. The van der Waals surface area contributed by atoms with Gasteiger partial charge in [-0.15, -0.1) is 0 Å². The first-order valence-corrected chi connectivity index (χ1v) is 8.26. The van der Waals surface area contributed by atoms with Crippen molar-refractivity contribution in [1.82, 2.24) is 19.1 Å². The fourth-order valence-electron chi connectivity index (χ4n) is 2.91. The third kappa shape index (κ3) is 2.49. The number of nitrogens with one attached hydrogen (secondary N) is 1. The van der Waals surface area contributed by atoms with Crippen molar-refractivity contribution in [3.63, 3.8) is 0 Å². The van der Waals surface area contributed by atoms with E-state index in [1.807, 2.05) is 31.3 Å². The Balaban J connectivity index is 2.09. The molecule has 7 nitrogen and oxygen atoms in total. The maximum Gasteiger partial charge on any atom is 0.339 e. The van der Waals surface area contributed by atoms with Crippen LogP contribution in [0.3, 0.4) is 0 Å². The number of rotatable bonds is 3. The molecule has 0 aliphatic rings. The topological polar surface area (TPSA) is 90.8 Å². The summed E-state index contributed by atoms with van der Waals surface area (Å²) in [6.07, 6.45) is 1.35. The molecule has 26 heavy (non-hydrogen) atoms. The fourth-order valence-corrected chi connectivity index (χ4v) is 3.04. The van der Waals surface area contributed by atoms with E-state index in [1.54, 1.807) is 24.3 Å². The summed E-state index contributed by atoms with van der Waals surface area (Å²) in [6, 6.07) is 14.4. The van der Waals surface area contributed by atoms with Crippen molar-refractivity contribution in [2.75, 3.05) is 18.1 Å². The Kier molecular flexibility index (Phi) is 3.85. The van der Waals surface area contributed by atoms with E-state index >= 15 is 0 Å². The summed E-state index contributed by atoms with van der Waals surface area (Å²) in [5.74, 6) is 0.227. The van der Waals surface area contributed by atoms with Gasteiger partial charge in [-0.2, -0.15) is 0 Å². The molecule has 2 aromatic heterocycles. The van der Waals surface area contributed by atoms with Crippen LogP contribution in [0.4, 0.5) is 11.5 Å². The van der Waals surface area contributed by atoms with Gasteiger partial charge in [0.05, 0.1) is 11.4 Å². The molecule has 0 aliphatic carbocycles. The number of aromatic nitrogens is 4. The minimum absolute atomic E-state index is 0.227. The second-order valence-corrected chi connectivity index (χ2v) is 6.10. The van der Waals surface area contributed by atoms with Crippen molar-refractivity contribution in [2.45, 2.75) is 0 Å². The Morgan fingerprint density at radius 1 is 1.04 bits per heavy atom. The van der Waals surface area contributed by atoms with Crippen LogP contribution in [0.1, 0.15) is 0 Å². The molecule has 8 heteroatoms. The van der Waals surface area contributed by atoms with Gasteiger partial charge in [0, 0.05) is 17.8 Å². The maximum atomic E-state index is 13.3.